The third-order valence-corrected chi connectivity index (χ3v) is 6.84. The number of anilines is 1. The number of nitrogens with zero attached hydrogens (tertiary/aromatic N) is 6. The normalized spacial score (nSPS) is 17.0. The van der Waals surface area contributed by atoms with Crippen LogP contribution in [0.1, 0.15) is 11.6 Å². The van der Waals surface area contributed by atoms with Crippen LogP contribution in [0.15, 0.2) is 96.2 Å². The number of nitrogens with one attached hydrogen (secondary N) is 2. The Labute approximate surface area is 211 Å². The van der Waals surface area contributed by atoms with Crippen molar-refractivity contribution in [2.24, 2.45) is 4.99 Å². The maximum atomic E-state index is 5.84. The standard InChI is InChI=1S/C27H20N8S/c36-27-31-26(30-16-34-24-8-4-3-7-22(24)32-33-34)25(19-10-9-17-5-1-2-6-18(17)13-19)35(27)20-11-12-21-23(14-20)29-15-28-21/h1-15,25H,16H2,(H,28,29)(H,30,31,36). The second-order valence-corrected chi connectivity index (χ2v) is 9.06. The van der Waals surface area contributed by atoms with Gasteiger partial charge in [0.15, 0.2) is 5.11 Å². The van der Waals surface area contributed by atoms with Crippen LogP contribution in [0.3, 0.4) is 0 Å². The van der Waals surface area contributed by atoms with Crippen LogP contribution in [0.2, 0.25) is 0 Å². The van der Waals surface area contributed by atoms with Gasteiger partial charge in [0, 0.05) is 5.69 Å². The maximum absolute atomic E-state index is 5.84. The molecule has 2 aromatic heterocycles. The average molecular weight is 489 g/mol. The van der Waals surface area contributed by atoms with Gasteiger partial charge in [0.05, 0.1) is 22.9 Å². The number of para-hydroxylation sites is 1. The Balaban J connectivity index is 1.34. The molecule has 174 valence electrons. The summed E-state index contributed by atoms with van der Waals surface area (Å²) in [6.07, 6.45) is 1.70. The zero-order valence-electron chi connectivity index (χ0n) is 19.0. The number of amidine groups is 1. The molecule has 0 bridgehead atoms. The van der Waals surface area contributed by atoms with E-state index < -0.39 is 0 Å². The molecule has 8 nitrogen and oxygen atoms in total. The number of benzene rings is 4. The summed E-state index contributed by atoms with van der Waals surface area (Å²) in [5.74, 6) is 0.763. The maximum Gasteiger partial charge on any atom is 0.179 e. The molecular weight excluding hydrogens is 468 g/mol. The molecule has 6 aromatic rings. The predicted octanol–water partition coefficient (Wildman–Crippen LogP) is 4.95. The Hall–Kier alpha value is -4.63. The summed E-state index contributed by atoms with van der Waals surface area (Å²) in [7, 11) is 0. The van der Waals surface area contributed by atoms with Crippen molar-refractivity contribution in [3.05, 3.63) is 96.8 Å². The quantitative estimate of drug-likeness (QED) is 0.342. The van der Waals surface area contributed by atoms with E-state index >= 15 is 0 Å². The number of H-pyrrole nitrogens is 1. The van der Waals surface area contributed by atoms with E-state index in [1.54, 1.807) is 11.0 Å². The van der Waals surface area contributed by atoms with Gasteiger partial charge in [0.2, 0.25) is 0 Å². The first kappa shape index (κ1) is 20.7. The minimum Gasteiger partial charge on any atom is -0.345 e. The number of thiocarbonyl (C=S) groups is 1. The van der Waals surface area contributed by atoms with Crippen LogP contribution in [0.25, 0.3) is 32.8 Å². The number of aliphatic imine (C=N–C) groups is 1. The van der Waals surface area contributed by atoms with Gasteiger partial charge in [-0.15, -0.1) is 5.10 Å². The molecule has 0 radical (unpaired) electrons. The van der Waals surface area contributed by atoms with Crippen molar-refractivity contribution in [3.8, 4) is 0 Å². The van der Waals surface area contributed by atoms with Crippen LogP contribution in [-0.4, -0.2) is 35.9 Å². The van der Waals surface area contributed by atoms with Crippen molar-refractivity contribution in [1.29, 1.82) is 0 Å². The average Bonchev–Trinajstić information content (AvgIpc) is 3.63. The van der Waals surface area contributed by atoms with E-state index in [0.717, 1.165) is 39.2 Å². The lowest BCUT2D eigenvalue weighted by Crippen LogP contribution is -2.29. The topological polar surface area (TPSA) is 87.0 Å². The van der Waals surface area contributed by atoms with Crippen LogP contribution in [0.5, 0.6) is 0 Å². The summed E-state index contributed by atoms with van der Waals surface area (Å²) in [4.78, 5) is 14.6. The number of rotatable bonds is 4. The summed E-state index contributed by atoms with van der Waals surface area (Å²) in [6, 6.07) is 28.6. The van der Waals surface area contributed by atoms with E-state index in [0.29, 0.717) is 11.8 Å². The molecular formula is C27H20N8S. The Kier molecular flexibility index (Phi) is 4.74. The van der Waals surface area contributed by atoms with Crippen molar-refractivity contribution < 1.29 is 0 Å². The van der Waals surface area contributed by atoms with Gasteiger partial charge in [-0.3, -0.25) is 0 Å². The fourth-order valence-electron chi connectivity index (χ4n) is 4.79. The van der Waals surface area contributed by atoms with Crippen molar-refractivity contribution in [2.45, 2.75) is 12.7 Å². The summed E-state index contributed by atoms with van der Waals surface area (Å²) >= 11 is 5.84. The molecule has 0 aliphatic carbocycles. The van der Waals surface area contributed by atoms with Gasteiger partial charge in [0.1, 0.15) is 24.1 Å². The molecule has 1 aliphatic heterocycles. The minimum atomic E-state index is -0.225. The smallest absolute Gasteiger partial charge is 0.179 e. The van der Waals surface area contributed by atoms with Gasteiger partial charge in [-0.2, -0.15) is 0 Å². The lowest BCUT2D eigenvalue weighted by atomic mass is 10.0. The fourth-order valence-corrected chi connectivity index (χ4v) is 5.11. The van der Waals surface area contributed by atoms with Gasteiger partial charge in [-0.25, -0.2) is 14.7 Å². The molecule has 36 heavy (non-hydrogen) atoms. The molecule has 2 N–H and O–H groups in total. The lowest BCUT2D eigenvalue weighted by molar-refractivity contribution is 0.626. The van der Waals surface area contributed by atoms with Crippen molar-refractivity contribution >= 4 is 61.7 Å². The van der Waals surface area contributed by atoms with Gasteiger partial charge in [-0.1, -0.05) is 53.7 Å². The first-order chi connectivity index (χ1) is 17.7. The number of imidazole rings is 1. The van der Waals surface area contributed by atoms with Gasteiger partial charge >= 0.3 is 0 Å². The van der Waals surface area contributed by atoms with E-state index in [2.05, 4.69) is 79.0 Å². The summed E-state index contributed by atoms with van der Waals surface area (Å²) in [6.45, 7) is 0.322. The second-order valence-electron chi connectivity index (χ2n) is 8.68. The van der Waals surface area contributed by atoms with Crippen molar-refractivity contribution in [1.82, 2.24) is 30.3 Å². The first-order valence-electron chi connectivity index (χ1n) is 11.6. The first-order valence-corrected chi connectivity index (χ1v) is 12.0. The summed E-state index contributed by atoms with van der Waals surface area (Å²) in [5, 5.41) is 14.9. The van der Waals surface area contributed by atoms with E-state index in [1.807, 2.05) is 36.4 Å². The third-order valence-electron chi connectivity index (χ3n) is 6.54. The lowest BCUT2D eigenvalue weighted by Gasteiger charge is -2.25. The Bertz CT molecular complexity index is 1800. The summed E-state index contributed by atoms with van der Waals surface area (Å²) in [5.41, 5.74) is 5.68. The molecule has 0 saturated carbocycles. The molecule has 7 rings (SSSR count). The number of hydrogen-bond donors (Lipinski definition) is 2. The van der Waals surface area contributed by atoms with Crippen molar-refractivity contribution in [3.63, 3.8) is 0 Å². The molecule has 1 aliphatic rings. The van der Waals surface area contributed by atoms with E-state index in [4.69, 9.17) is 17.2 Å². The molecule has 1 unspecified atom stereocenters. The number of fused-ring (bicyclic) bond motifs is 3. The highest BCUT2D eigenvalue weighted by Gasteiger charge is 2.36. The highest BCUT2D eigenvalue weighted by Crippen LogP contribution is 2.35. The van der Waals surface area contributed by atoms with Gasteiger partial charge in [0.25, 0.3) is 0 Å². The zero-order chi connectivity index (χ0) is 24.1. The Morgan fingerprint density at radius 3 is 2.69 bits per heavy atom. The Morgan fingerprint density at radius 1 is 0.889 bits per heavy atom. The Morgan fingerprint density at radius 2 is 1.75 bits per heavy atom. The second kappa shape index (κ2) is 8.24. The van der Waals surface area contributed by atoms with Crippen molar-refractivity contribution in [2.75, 3.05) is 4.90 Å². The van der Waals surface area contributed by atoms with E-state index in [9.17, 15) is 0 Å². The number of aromatic amines is 1. The molecule has 1 fully saturated rings. The molecule has 3 heterocycles. The molecule has 4 aromatic carbocycles. The molecule has 0 spiro atoms. The van der Waals surface area contributed by atoms with E-state index in [1.165, 1.54) is 10.8 Å². The fraction of sp³-hybridized carbons (Fsp3) is 0.0741. The van der Waals surface area contributed by atoms with Crippen LogP contribution >= 0.6 is 12.2 Å². The monoisotopic (exact) mass is 488 g/mol. The molecule has 9 heteroatoms. The van der Waals surface area contributed by atoms with Crippen LogP contribution in [0, 0.1) is 0 Å². The van der Waals surface area contributed by atoms with Crippen LogP contribution in [-0.2, 0) is 6.67 Å². The third kappa shape index (κ3) is 3.40. The minimum absolute atomic E-state index is 0.225. The SMILES string of the molecule is S=C1NC(=NCn2nnc3ccccc32)C(c2ccc3ccccc3c2)N1c1ccc2nc[nH]c2c1. The molecule has 0 amide bonds. The highest BCUT2D eigenvalue weighted by atomic mass is 32.1. The van der Waals surface area contributed by atoms with E-state index in [-0.39, 0.29) is 6.04 Å². The predicted molar refractivity (Wildman–Crippen MR) is 146 cm³/mol. The highest BCUT2D eigenvalue weighted by molar-refractivity contribution is 7.80. The summed E-state index contributed by atoms with van der Waals surface area (Å²) < 4.78 is 1.80. The largest absolute Gasteiger partial charge is 0.345 e. The number of hydrogen-bond acceptors (Lipinski definition) is 5. The zero-order valence-corrected chi connectivity index (χ0v) is 19.9. The number of aromatic nitrogens is 5. The molecule has 1 atom stereocenters. The van der Waals surface area contributed by atoms with Gasteiger partial charge < -0.3 is 15.2 Å². The molecule has 1 saturated heterocycles. The van der Waals surface area contributed by atoms with Gasteiger partial charge in [-0.05, 0) is 65.0 Å². The van der Waals surface area contributed by atoms with Crippen LogP contribution in [0.4, 0.5) is 5.69 Å². The van der Waals surface area contributed by atoms with Crippen LogP contribution < -0.4 is 10.2 Å².